The number of nitro benzene ring substituents is 2. The van der Waals surface area contributed by atoms with Gasteiger partial charge in [0, 0.05) is 11.6 Å². The molecule has 0 fully saturated rings. The molecule has 3 aromatic carbocycles. The zero-order valence-electron chi connectivity index (χ0n) is 20.7. The van der Waals surface area contributed by atoms with Crippen LogP contribution in [0.25, 0.3) is 11.3 Å². The Labute approximate surface area is 225 Å². The molecule has 0 aliphatic heterocycles. The van der Waals surface area contributed by atoms with E-state index in [1.807, 2.05) is 6.07 Å². The van der Waals surface area contributed by atoms with Gasteiger partial charge < -0.3 is 9.47 Å². The van der Waals surface area contributed by atoms with Crippen molar-refractivity contribution in [2.75, 3.05) is 12.0 Å². The second-order valence-electron chi connectivity index (χ2n) is 7.89. The fourth-order valence-corrected chi connectivity index (χ4v) is 3.53. The summed E-state index contributed by atoms with van der Waals surface area (Å²) in [5.41, 5.74) is 2.15. The molecule has 2 N–H and O–H groups in total. The van der Waals surface area contributed by atoms with Crippen LogP contribution in [-0.4, -0.2) is 32.6 Å². The van der Waals surface area contributed by atoms with E-state index in [4.69, 9.17) is 9.47 Å². The molecule has 14 heteroatoms. The number of nitrogens with zero attached hydrogens (tertiary/aromatic N) is 5. The lowest BCUT2D eigenvalue weighted by molar-refractivity contribution is -0.394. The summed E-state index contributed by atoms with van der Waals surface area (Å²) in [5, 5.41) is 35.9. The zero-order valence-corrected chi connectivity index (χ0v) is 20.7. The molecular weight excluding hydrogens is 522 g/mol. The maximum absolute atomic E-state index is 12.4. The van der Waals surface area contributed by atoms with E-state index in [0.717, 1.165) is 18.2 Å². The van der Waals surface area contributed by atoms with Crippen LogP contribution in [0.5, 0.6) is 17.2 Å². The van der Waals surface area contributed by atoms with Gasteiger partial charge in [-0.15, -0.1) is 0 Å². The number of ether oxygens (including phenoxy) is 2. The van der Waals surface area contributed by atoms with Crippen LogP contribution < -0.4 is 20.5 Å². The molecule has 14 nitrogen and oxygen atoms in total. The second-order valence-corrected chi connectivity index (χ2v) is 7.89. The minimum absolute atomic E-state index is 0.00886. The van der Waals surface area contributed by atoms with E-state index in [0.29, 0.717) is 11.1 Å². The maximum atomic E-state index is 12.4. The number of nitrogens with one attached hydrogen (secondary N) is 2. The molecule has 0 aliphatic rings. The zero-order chi connectivity index (χ0) is 28.6. The molecule has 0 aliphatic carbocycles. The van der Waals surface area contributed by atoms with Gasteiger partial charge in [0.1, 0.15) is 11.6 Å². The molecule has 1 heterocycles. The minimum atomic E-state index is -0.778. The van der Waals surface area contributed by atoms with Crippen molar-refractivity contribution >= 4 is 23.5 Å². The Morgan fingerprint density at radius 1 is 1.05 bits per heavy atom. The summed E-state index contributed by atoms with van der Waals surface area (Å²) in [4.78, 5) is 40.1. The summed E-state index contributed by atoms with van der Waals surface area (Å²) in [6.07, 6.45) is 1.40. The van der Waals surface area contributed by atoms with E-state index in [-0.39, 0.29) is 41.1 Å². The number of H-pyrrole nitrogens is 1. The summed E-state index contributed by atoms with van der Waals surface area (Å²) < 4.78 is 11.3. The Morgan fingerprint density at radius 3 is 2.48 bits per heavy atom. The Hall–Kier alpha value is -6.10. The molecule has 40 heavy (non-hydrogen) atoms. The van der Waals surface area contributed by atoms with Crippen LogP contribution in [-0.2, 0) is 0 Å². The van der Waals surface area contributed by atoms with Crippen molar-refractivity contribution in [3.05, 3.63) is 108 Å². The summed E-state index contributed by atoms with van der Waals surface area (Å²) in [6, 6.07) is 18.3. The molecule has 0 bridgehead atoms. The predicted octanol–water partition coefficient (Wildman–Crippen LogP) is 4.76. The minimum Gasteiger partial charge on any atom is -0.490 e. The van der Waals surface area contributed by atoms with Gasteiger partial charge in [0.05, 0.1) is 34.4 Å². The molecule has 0 radical (unpaired) electrons. The first-order valence-corrected chi connectivity index (χ1v) is 11.6. The van der Waals surface area contributed by atoms with Crippen molar-refractivity contribution in [3.8, 4) is 34.6 Å². The number of non-ortho nitro benzene ring substituents is 1. The van der Waals surface area contributed by atoms with Gasteiger partial charge >= 0.3 is 5.69 Å². The number of aromatic amines is 1. The lowest BCUT2D eigenvalue weighted by Gasteiger charge is -2.12. The van der Waals surface area contributed by atoms with Gasteiger partial charge in [0.15, 0.2) is 11.5 Å². The lowest BCUT2D eigenvalue weighted by atomic mass is 10.1. The van der Waals surface area contributed by atoms with Crippen molar-refractivity contribution in [1.82, 2.24) is 9.97 Å². The molecule has 4 rings (SSSR count). The summed E-state index contributed by atoms with van der Waals surface area (Å²) in [6.45, 7) is 1.98. The Balaban J connectivity index is 1.58. The molecule has 0 saturated carbocycles. The molecular formula is C26H19N7O7. The number of aromatic nitrogens is 2. The van der Waals surface area contributed by atoms with E-state index in [1.54, 1.807) is 49.4 Å². The van der Waals surface area contributed by atoms with Crippen LogP contribution in [0.4, 0.5) is 17.3 Å². The normalized spacial score (nSPS) is 10.6. The number of anilines is 1. The summed E-state index contributed by atoms with van der Waals surface area (Å²) in [7, 11) is 0. The summed E-state index contributed by atoms with van der Waals surface area (Å²) in [5.74, 6) is 0.171. The van der Waals surface area contributed by atoms with Gasteiger partial charge in [-0.3, -0.25) is 30.0 Å². The van der Waals surface area contributed by atoms with E-state index >= 15 is 0 Å². The first-order valence-electron chi connectivity index (χ1n) is 11.6. The van der Waals surface area contributed by atoms with Crippen molar-refractivity contribution in [2.45, 2.75) is 6.92 Å². The Morgan fingerprint density at radius 2 is 1.80 bits per heavy atom. The number of nitriles is 1. The van der Waals surface area contributed by atoms with E-state index < -0.39 is 26.8 Å². The van der Waals surface area contributed by atoms with E-state index in [1.165, 1.54) is 12.3 Å². The highest BCUT2D eigenvalue weighted by atomic mass is 16.6. The third-order valence-corrected chi connectivity index (χ3v) is 5.30. The quantitative estimate of drug-likeness (QED) is 0.160. The Bertz CT molecular complexity index is 1710. The van der Waals surface area contributed by atoms with Crippen molar-refractivity contribution in [2.24, 2.45) is 5.10 Å². The van der Waals surface area contributed by atoms with E-state index in [9.17, 15) is 30.3 Å². The highest BCUT2D eigenvalue weighted by molar-refractivity contribution is 5.81. The van der Waals surface area contributed by atoms with Gasteiger partial charge in [0.25, 0.3) is 11.2 Å². The number of hydrazone groups is 1. The predicted molar refractivity (Wildman–Crippen MR) is 144 cm³/mol. The van der Waals surface area contributed by atoms with Gasteiger partial charge in [0.2, 0.25) is 11.7 Å². The van der Waals surface area contributed by atoms with Crippen LogP contribution >= 0.6 is 0 Å². The topological polar surface area (TPSA) is 199 Å². The number of nitro groups is 2. The average molecular weight is 541 g/mol. The fourth-order valence-electron chi connectivity index (χ4n) is 3.53. The van der Waals surface area contributed by atoms with Gasteiger partial charge in [-0.25, -0.2) is 10.4 Å². The second kappa shape index (κ2) is 12.0. The lowest BCUT2D eigenvalue weighted by Crippen LogP contribution is -2.16. The third kappa shape index (κ3) is 6.06. The standard InChI is InChI=1S/C26H19N7O7/c1-2-39-23-12-16(8-10-22(23)40-21-11-9-18(32(35)36)13-20(21)33(37)38)15-28-31-26-29-24(17-6-4-3-5-7-17)19(14-27)25(34)30-26/h3-13,15H,2H2,1H3,(H2,29,30,31,34). The van der Waals surface area contributed by atoms with Gasteiger partial charge in [-0.05, 0) is 36.8 Å². The van der Waals surface area contributed by atoms with Crippen LogP contribution in [0.2, 0.25) is 0 Å². The van der Waals surface area contributed by atoms with Gasteiger partial charge in [-0.1, -0.05) is 30.3 Å². The summed E-state index contributed by atoms with van der Waals surface area (Å²) >= 11 is 0. The third-order valence-electron chi connectivity index (χ3n) is 5.30. The molecule has 0 atom stereocenters. The number of hydrogen-bond donors (Lipinski definition) is 2. The first-order chi connectivity index (χ1) is 19.3. The number of hydrogen-bond acceptors (Lipinski definition) is 11. The fraction of sp³-hybridized carbons (Fsp3) is 0.0769. The van der Waals surface area contributed by atoms with Crippen LogP contribution in [0.15, 0.2) is 76.6 Å². The average Bonchev–Trinajstić information content (AvgIpc) is 2.94. The highest BCUT2D eigenvalue weighted by Gasteiger charge is 2.22. The largest absolute Gasteiger partial charge is 0.490 e. The molecule has 200 valence electrons. The molecule has 4 aromatic rings. The molecule has 0 amide bonds. The first kappa shape index (κ1) is 26.9. The SMILES string of the molecule is CCOc1cc(C=NNc2nc(-c3ccccc3)c(C#N)c(=O)[nH]2)ccc1Oc1ccc([N+](=O)[O-])cc1[N+](=O)[O-]. The van der Waals surface area contributed by atoms with Crippen molar-refractivity contribution < 1.29 is 19.3 Å². The molecule has 0 saturated heterocycles. The Kier molecular flexibility index (Phi) is 8.06. The number of rotatable bonds is 10. The molecule has 0 spiro atoms. The van der Waals surface area contributed by atoms with Crippen LogP contribution in [0.3, 0.4) is 0 Å². The highest BCUT2D eigenvalue weighted by Crippen LogP contribution is 2.38. The monoisotopic (exact) mass is 541 g/mol. The van der Waals surface area contributed by atoms with Gasteiger partial charge in [-0.2, -0.15) is 10.4 Å². The maximum Gasteiger partial charge on any atom is 0.318 e. The van der Waals surface area contributed by atoms with Crippen molar-refractivity contribution in [1.29, 1.82) is 5.26 Å². The smallest absolute Gasteiger partial charge is 0.318 e. The number of benzene rings is 3. The van der Waals surface area contributed by atoms with E-state index in [2.05, 4.69) is 20.5 Å². The molecule has 1 aromatic heterocycles. The van der Waals surface area contributed by atoms with Crippen LogP contribution in [0.1, 0.15) is 18.1 Å². The van der Waals surface area contributed by atoms with Crippen molar-refractivity contribution in [3.63, 3.8) is 0 Å². The molecule has 0 unspecified atom stereocenters. The van der Waals surface area contributed by atoms with Crippen LogP contribution in [0, 0.1) is 31.6 Å².